The van der Waals surface area contributed by atoms with Gasteiger partial charge in [-0.2, -0.15) is 5.10 Å². The lowest BCUT2D eigenvalue weighted by Crippen LogP contribution is -2.35. The Kier molecular flexibility index (Phi) is 5.02. The summed E-state index contributed by atoms with van der Waals surface area (Å²) in [5, 5.41) is 7.96. The third kappa shape index (κ3) is 4.16. The van der Waals surface area contributed by atoms with Gasteiger partial charge in [-0.25, -0.2) is 10.4 Å². The molecule has 1 aromatic carbocycles. The zero-order valence-corrected chi connectivity index (χ0v) is 13.8. The molecule has 5 nitrogen and oxygen atoms in total. The van der Waals surface area contributed by atoms with E-state index in [1.54, 1.807) is 18.3 Å². The van der Waals surface area contributed by atoms with E-state index in [-0.39, 0.29) is 11.9 Å². The first-order chi connectivity index (χ1) is 11.2. The number of anilines is 1. The summed E-state index contributed by atoms with van der Waals surface area (Å²) in [6.45, 7) is 1.81. The molecule has 2 N–H and O–H groups in total. The van der Waals surface area contributed by atoms with Crippen LogP contribution < -0.4 is 10.7 Å². The van der Waals surface area contributed by atoms with Gasteiger partial charge in [0.2, 0.25) is 0 Å². The van der Waals surface area contributed by atoms with Crippen LogP contribution in [0.25, 0.3) is 10.2 Å². The monoisotopic (exact) mass is 328 g/mol. The van der Waals surface area contributed by atoms with E-state index in [0.29, 0.717) is 5.92 Å². The predicted octanol–water partition coefficient (Wildman–Crippen LogP) is 3.56. The maximum atomic E-state index is 12.1. The average molecular weight is 328 g/mol. The second kappa shape index (κ2) is 7.37. The Morgan fingerprint density at radius 2 is 2.30 bits per heavy atom. The highest BCUT2D eigenvalue weighted by molar-refractivity contribution is 7.22. The fourth-order valence-corrected chi connectivity index (χ4v) is 3.39. The smallest absolute Gasteiger partial charge is 0.262 e. The van der Waals surface area contributed by atoms with Crippen LogP contribution in [0.5, 0.6) is 0 Å². The van der Waals surface area contributed by atoms with E-state index < -0.39 is 0 Å². The molecule has 0 aliphatic heterocycles. The van der Waals surface area contributed by atoms with E-state index in [4.69, 9.17) is 0 Å². The van der Waals surface area contributed by atoms with Crippen molar-refractivity contribution in [3.05, 3.63) is 36.4 Å². The Balaban J connectivity index is 1.52. The first kappa shape index (κ1) is 15.7. The first-order valence-electron chi connectivity index (χ1n) is 7.82. The van der Waals surface area contributed by atoms with Gasteiger partial charge in [-0.05, 0) is 44.2 Å². The summed E-state index contributed by atoms with van der Waals surface area (Å²) in [4.78, 5) is 16.5. The van der Waals surface area contributed by atoms with E-state index in [2.05, 4.69) is 33.0 Å². The van der Waals surface area contributed by atoms with Gasteiger partial charge in [0.05, 0.1) is 10.2 Å². The molecule has 0 radical (unpaired) electrons. The fourth-order valence-electron chi connectivity index (χ4n) is 2.44. The topological polar surface area (TPSA) is 66.4 Å². The van der Waals surface area contributed by atoms with E-state index in [0.717, 1.165) is 34.6 Å². The van der Waals surface area contributed by atoms with Crippen molar-refractivity contribution in [2.45, 2.75) is 32.2 Å². The van der Waals surface area contributed by atoms with Crippen LogP contribution in [0, 0.1) is 5.92 Å². The van der Waals surface area contributed by atoms with Crippen LogP contribution in [-0.4, -0.2) is 23.1 Å². The third-order valence-corrected chi connectivity index (χ3v) is 4.76. The molecule has 1 aliphatic carbocycles. The van der Waals surface area contributed by atoms with Gasteiger partial charge in [0.1, 0.15) is 6.04 Å². The first-order valence-corrected chi connectivity index (χ1v) is 8.64. The molecule has 3 rings (SSSR count). The van der Waals surface area contributed by atoms with Gasteiger partial charge < -0.3 is 5.32 Å². The number of para-hydroxylation sites is 1. The van der Waals surface area contributed by atoms with E-state index in [9.17, 15) is 4.79 Å². The second-order valence-electron chi connectivity index (χ2n) is 5.65. The molecule has 1 aliphatic rings. The summed E-state index contributed by atoms with van der Waals surface area (Å²) in [6, 6.07) is 7.53. The number of thiazole rings is 1. The normalized spacial score (nSPS) is 19.1. The molecule has 2 aromatic rings. The molecule has 1 amide bonds. The van der Waals surface area contributed by atoms with Crippen LogP contribution in [0.15, 0.2) is 41.5 Å². The number of nitrogens with zero attached hydrogens (tertiary/aromatic N) is 2. The van der Waals surface area contributed by atoms with Gasteiger partial charge >= 0.3 is 0 Å². The average Bonchev–Trinajstić information content (AvgIpc) is 2.98. The molecular weight excluding hydrogens is 308 g/mol. The lowest BCUT2D eigenvalue weighted by molar-refractivity contribution is -0.121. The number of amides is 1. The highest BCUT2D eigenvalue weighted by Crippen LogP contribution is 2.25. The van der Waals surface area contributed by atoms with Crippen molar-refractivity contribution >= 4 is 38.8 Å². The number of rotatable bonds is 5. The highest BCUT2D eigenvalue weighted by atomic mass is 32.1. The quantitative estimate of drug-likeness (QED) is 0.501. The summed E-state index contributed by atoms with van der Waals surface area (Å²) < 4.78 is 1.10. The molecule has 0 fully saturated rings. The molecule has 0 unspecified atom stereocenters. The summed E-state index contributed by atoms with van der Waals surface area (Å²) in [5.41, 5.74) is 3.55. The molecule has 1 aromatic heterocycles. The molecule has 0 saturated heterocycles. The van der Waals surface area contributed by atoms with Crippen molar-refractivity contribution in [2.75, 3.05) is 5.32 Å². The van der Waals surface area contributed by atoms with Gasteiger partial charge in [-0.1, -0.05) is 35.6 Å². The molecular formula is C17H20N4OS. The standard InChI is InChI=1S/C17H20N4OS/c1-12(16(22)21-18-11-13-7-3-2-4-8-13)19-17-20-14-9-5-6-10-15(14)23-17/h2-3,5-6,9-13H,4,7-8H2,1H3,(H,19,20)(H,21,22)/b18-11-/t12-,13-/m0/s1. The van der Waals surface area contributed by atoms with Gasteiger partial charge in [-0.3, -0.25) is 4.79 Å². The Bertz CT molecular complexity index is 704. The van der Waals surface area contributed by atoms with E-state index in [1.165, 1.54) is 0 Å². The van der Waals surface area contributed by atoms with Gasteiger partial charge in [-0.15, -0.1) is 0 Å². The SMILES string of the molecule is C[C@H](Nc1nc2ccccc2s1)C(=O)N/N=C\[C@H]1CC=CCC1. The maximum Gasteiger partial charge on any atom is 0.262 e. The predicted molar refractivity (Wildman–Crippen MR) is 95.8 cm³/mol. The number of hydrazone groups is 1. The lowest BCUT2D eigenvalue weighted by atomic mass is 9.96. The van der Waals surface area contributed by atoms with Crippen LogP contribution >= 0.6 is 11.3 Å². The van der Waals surface area contributed by atoms with Crippen LogP contribution in [-0.2, 0) is 4.79 Å². The largest absolute Gasteiger partial charge is 0.350 e. The van der Waals surface area contributed by atoms with Crippen LogP contribution in [0.3, 0.4) is 0 Å². The van der Waals surface area contributed by atoms with Gasteiger partial charge in [0.15, 0.2) is 5.13 Å². The zero-order chi connectivity index (χ0) is 16.1. The summed E-state index contributed by atoms with van der Waals surface area (Å²) in [5.74, 6) is 0.264. The number of carbonyl (C=O) groups is 1. The molecule has 23 heavy (non-hydrogen) atoms. The van der Waals surface area contributed by atoms with Crippen molar-refractivity contribution in [1.29, 1.82) is 0 Å². The maximum absolute atomic E-state index is 12.1. The van der Waals surface area contributed by atoms with Crippen molar-refractivity contribution < 1.29 is 4.79 Å². The summed E-state index contributed by atoms with van der Waals surface area (Å²) in [6.07, 6.45) is 9.37. The Morgan fingerprint density at radius 1 is 1.43 bits per heavy atom. The Hall–Kier alpha value is -2.21. The molecule has 0 spiro atoms. The van der Waals surface area contributed by atoms with Crippen molar-refractivity contribution in [1.82, 2.24) is 10.4 Å². The van der Waals surface area contributed by atoms with Crippen LogP contribution in [0.2, 0.25) is 0 Å². The van der Waals surface area contributed by atoms with Gasteiger partial charge in [0.25, 0.3) is 5.91 Å². The molecule has 120 valence electrons. The third-order valence-electron chi connectivity index (χ3n) is 3.80. The number of hydrogen-bond acceptors (Lipinski definition) is 5. The number of benzene rings is 1. The minimum Gasteiger partial charge on any atom is -0.350 e. The van der Waals surface area contributed by atoms with Gasteiger partial charge in [0, 0.05) is 6.21 Å². The Morgan fingerprint density at radius 3 is 3.09 bits per heavy atom. The summed E-state index contributed by atoms with van der Waals surface area (Å²) >= 11 is 1.54. The number of nitrogens with one attached hydrogen (secondary N) is 2. The molecule has 2 atom stereocenters. The molecule has 1 heterocycles. The number of hydrogen-bond donors (Lipinski definition) is 2. The molecule has 0 saturated carbocycles. The van der Waals surface area contributed by atoms with E-state index in [1.807, 2.05) is 30.5 Å². The fraction of sp³-hybridized carbons (Fsp3) is 0.353. The minimum absolute atomic E-state index is 0.160. The van der Waals surface area contributed by atoms with E-state index >= 15 is 0 Å². The van der Waals surface area contributed by atoms with Crippen molar-refractivity contribution in [3.8, 4) is 0 Å². The highest BCUT2D eigenvalue weighted by Gasteiger charge is 2.14. The lowest BCUT2D eigenvalue weighted by Gasteiger charge is -2.13. The zero-order valence-electron chi connectivity index (χ0n) is 13.0. The van der Waals surface area contributed by atoms with Crippen molar-refractivity contribution in [2.24, 2.45) is 11.0 Å². The summed E-state index contributed by atoms with van der Waals surface area (Å²) in [7, 11) is 0. The van der Waals surface area contributed by atoms with Crippen LogP contribution in [0.4, 0.5) is 5.13 Å². The molecule has 0 bridgehead atoms. The Labute approximate surface area is 139 Å². The second-order valence-corrected chi connectivity index (χ2v) is 6.68. The van der Waals surface area contributed by atoms with Crippen LogP contribution in [0.1, 0.15) is 26.2 Å². The number of fused-ring (bicyclic) bond motifs is 1. The molecule has 6 heteroatoms. The number of carbonyl (C=O) groups excluding carboxylic acids is 1. The number of aromatic nitrogens is 1. The van der Waals surface area contributed by atoms with Crippen molar-refractivity contribution in [3.63, 3.8) is 0 Å². The minimum atomic E-state index is -0.390. The number of allylic oxidation sites excluding steroid dienone is 2.